The first-order valence-electron chi connectivity index (χ1n) is 6.92. The number of nitrogens with zero attached hydrogens (tertiary/aromatic N) is 2. The number of carboxylic acid groups (broad SMARTS) is 1. The number of aromatic nitrogens is 2. The maximum Gasteiger partial charge on any atom is 0.335 e. The highest BCUT2D eigenvalue weighted by atomic mass is 16.4. The summed E-state index contributed by atoms with van der Waals surface area (Å²) in [5, 5.41) is 9.18. The smallest absolute Gasteiger partial charge is 0.335 e. The molecular weight excluding hydrogens is 264 g/mol. The lowest BCUT2D eigenvalue weighted by molar-refractivity contribution is 0.0697. The molecule has 0 bridgehead atoms. The van der Waals surface area contributed by atoms with Crippen LogP contribution in [0.4, 0.5) is 0 Å². The Balaban J connectivity index is 2.32. The third-order valence-corrected chi connectivity index (χ3v) is 3.55. The Hall–Kier alpha value is -2.62. The van der Waals surface area contributed by atoms with E-state index >= 15 is 0 Å². The van der Waals surface area contributed by atoms with Gasteiger partial charge >= 0.3 is 5.97 Å². The highest BCUT2D eigenvalue weighted by Gasteiger charge is 2.13. The molecule has 2 aromatic carbocycles. The monoisotopic (exact) mass is 280 g/mol. The van der Waals surface area contributed by atoms with Crippen LogP contribution >= 0.6 is 0 Å². The lowest BCUT2D eigenvalue weighted by atomic mass is 10.2. The van der Waals surface area contributed by atoms with E-state index in [4.69, 9.17) is 0 Å². The number of aromatic carboxylic acids is 1. The average molecular weight is 280 g/mol. The zero-order valence-electron chi connectivity index (χ0n) is 12.0. The van der Waals surface area contributed by atoms with Gasteiger partial charge in [-0.25, -0.2) is 9.78 Å². The number of hydrogen-bond acceptors (Lipinski definition) is 2. The molecule has 1 heterocycles. The van der Waals surface area contributed by atoms with Gasteiger partial charge < -0.3 is 5.11 Å². The summed E-state index contributed by atoms with van der Waals surface area (Å²) < 4.78 is 2.04. The number of aryl methyl sites for hydroxylation is 2. The maximum atomic E-state index is 11.2. The summed E-state index contributed by atoms with van der Waals surface area (Å²) in [4.78, 5) is 15.8. The van der Waals surface area contributed by atoms with Crippen LogP contribution in [0.3, 0.4) is 0 Å². The lowest BCUT2D eigenvalue weighted by Gasteiger charge is -2.09. The summed E-state index contributed by atoms with van der Waals surface area (Å²) in [6.07, 6.45) is 0.783. The average Bonchev–Trinajstić information content (AvgIpc) is 2.84. The number of imidazole rings is 1. The molecule has 0 unspecified atom stereocenters. The van der Waals surface area contributed by atoms with E-state index in [-0.39, 0.29) is 5.56 Å². The minimum atomic E-state index is -0.924. The van der Waals surface area contributed by atoms with E-state index in [1.54, 1.807) is 18.2 Å². The minimum absolute atomic E-state index is 0.277. The van der Waals surface area contributed by atoms with Crippen LogP contribution in [0.2, 0.25) is 0 Å². The SMILES string of the molecule is CCc1nc2ccc(C(=O)O)cc2n1-c1cccc(C)c1. The topological polar surface area (TPSA) is 55.1 Å². The van der Waals surface area contributed by atoms with Crippen molar-refractivity contribution in [3.63, 3.8) is 0 Å². The predicted octanol–water partition coefficient (Wildman–Crippen LogP) is 3.59. The molecule has 1 N–H and O–H groups in total. The largest absolute Gasteiger partial charge is 0.478 e. The molecule has 0 spiro atoms. The van der Waals surface area contributed by atoms with Gasteiger partial charge in [0.2, 0.25) is 0 Å². The minimum Gasteiger partial charge on any atom is -0.478 e. The van der Waals surface area contributed by atoms with Gasteiger partial charge in [-0.15, -0.1) is 0 Å². The van der Waals surface area contributed by atoms with Crippen LogP contribution in [0.1, 0.15) is 28.7 Å². The third-order valence-electron chi connectivity index (χ3n) is 3.55. The van der Waals surface area contributed by atoms with Crippen LogP contribution in [0.15, 0.2) is 42.5 Å². The molecule has 0 atom stereocenters. The molecule has 0 aliphatic carbocycles. The number of carboxylic acids is 1. The zero-order valence-corrected chi connectivity index (χ0v) is 12.0. The van der Waals surface area contributed by atoms with Gasteiger partial charge in [0.15, 0.2) is 0 Å². The van der Waals surface area contributed by atoms with E-state index in [0.717, 1.165) is 34.5 Å². The van der Waals surface area contributed by atoms with Crippen molar-refractivity contribution in [2.45, 2.75) is 20.3 Å². The van der Waals surface area contributed by atoms with Crippen LogP contribution in [0, 0.1) is 6.92 Å². The van der Waals surface area contributed by atoms with Gasteiger partial charge in [0, 0.05) is 12.1 Å². The molecule has 4 nitrogen and oxygen atoms in total. The van der Waals surface area contributed by atoms with E-state index in [2.05, 4.69) is 11.1 Å². The van der Waals surface area contributed by atoms with Crippen molar-refractivity contribution in [3.8, 4) is 5.69 Å². The molecular formula is C17H16N2O2. The predicted molar refractivity (Wildman–Crippen MR) is 82.1 cm³/mol. The summed E-state index contributed by atoms with van der Waals surface area (Å²) >= 11 is 0. The summed E-state index contributed by atoms with van der Waals surface area (Å²) in [6, 6.07) is 13.2. The van der Waals surface area contributed by atoms with Crippen molar-refractivity contribution in [3.05, 3.63) is 59.4 Å². The quantitative estimate of drug-likeness (QED) is 0.797. The molecule has 0 amide bonds. The number of hydrogen-bond donors (Lipinski definition) is 1. The number of carbonyl (C=O) groups is 1. The Morgan fingerprint density at radius 1 is 1.24 bits per heavy atom. The van der Waals surface area contributed by atoms with Crippen molar-refractivity contribution in [2.75, 3.05) is 0 Å². The fourth-order valence-electron chi connectivity index (χ4n) is 2.55. The van der Waals surface area contributed by atoms with Crippen LogP contribution in [-0.2, 0) is 6.42 Å². The Bertz CT molecular complexity index is 834. The summed E-state index contributed by atoms with van der Waals surface area (Å²) in [5.41, 5.74) is 4.09. The molecule has 1 aromatic heterocycles. The van der Waals surface area contributed by atoms with E-state index < -0.39 is 5.97 Å². The van der Waals surface area contributed by atoms with Gasteiger partial charge in [-0.2, -0.15) is 0 Å². The fraction of sp³-hybridized carbons (Fsp3) is 0.176. The first kappa shape index (κ1) is 13.4. The highest BCUT2D eigenvalue weighted by Crippen LogP contribution is 2.23. The van der Waals surface area contributed by atoms with Gasteiger partial charge in [0.05, 0.1) is 16.6 Å². The van der Waals surface area contributed by atoms with E-state index in [1.807, 2.05) is 36.6 Å². The second kappa shape index (κ2) is 5.05. The molecule has 0 fully saturated rings. The van der Waals surface area contributed by atoms with E-state index in [1.165, 1.54) is 0 Å². The fourth-order valence-corrected chi connectivity index (χ4v) is 2.55. The van der Waals surface area contributed by atoms with E-state index in [9.17, 15) is 9.90 Å². The molecule has 21 heavy (non-hydrogen) atoms. The summed E-state index contributed by atoms with van der Waals surface area (Å²) in [5.74, 6) is 0.00470. The number of rotatable bonds is 3. The zero-order chi connectivity index (χ0) is 15.0. The Morgan fingerprint density at radius 3 is 2.71 bits per heavy atom. The molecule has 0 aliphatic heterocycles. The van der Waals surface area contributed by atoms with Crippen LogP contribution in [0.25, 0.3) is 16.7 Å². The van der Waals surface area contributed by atoms with Crippen molar-refractivity contribution in [2.24, 2.45) is 0 Å². The van der Waals surface area contributed by atoms with Crippen molar-refractivity contribution >= 4 is 17.0 Å². The number of benzene rings is 2. The summed E-state index contributed by atoms with van der Waals surface area (Å²) in [7, 11) is 0. The molecule has 4 heteroatoms. The van der Waals surface area contributed by atoms with Crippen LogP contribution < -0.4 is 0 Å². The molecule has 3 rings (SSSR count). The van der Waals surface area contributed by atoms with Crippen molar-refractivity contribution in [1.29, 1.82) is 0 Å². The Morgan fingerprint density at radius 2 is 2.05 bits per heavy atom. The normalized spacial score (nSPS) is 11.0. The Labute approximate surface area is 122 Å². The molecule has 0 aliphatic rings. The highest BCUT2D eigenvalue weighted by molar-refractivity contribution is 5.93. The third kappa shape index (κ3) is 2.29. The van der Waals surface area contributed by atoms with Gasteiger partial charge in [-0.3, -0.25) is 4.57 Å². The second-order valence-corrected chi connectivity index (χ2v) is 5.06. The van der Waals surface area contributed by atoms with Gasteiger partial charge in [0.25, 0.3) is 0 Å². The number of fused-ring (bicyclic) bond motifs is 1. The summed E-state index contributed by atoms with van der Waals surface area (Å²) in [6.45, 7) is 4.09. The van der Waals surface area contributed by atoms with Gasteiger partial charge in [-0.05, 0) is 42.8 Å². The van der Waals surface area contributed by atoms with Crippen LogP contribution in [0.5, 0.6) is 0 Å². The first-order chi connectivity index (χ1) is 10.1. The van der Waals surface area contributed by atoms with Gasteiger partial charge in [0.1, 0.15) is 5.82 Å². The molecule has 106 valence electrons. The first-order valence-corrected chi connectivity index (χ1v) is 6.92. The molecule has 0 saturated heterocycles. The van der Waals surface area contributed by atoms with Gasteiger partial charge in [-0.1, -0.05) is 19.1 Å². The maximum absolute atomic E-state index is 11.2. The van der Waals surface area contributed by atoms with Crippen molar-refractivity contribution < 1.29 is 9.90 Å². The molecule has 0 saturated carbocycles. The Kier molecular flexibility index (Phi) is 3.22. The standard InChI is InChI=1S/C17H16N2O2/c1-3-16-18-14-8-7-12(17(20)21)10-15(14)19(16)13-6-4-5-11(2)9-13/h4-10H,3H2,1-2H3,(H,20,21). The second-order valence-electron chi connectivity index (χ2n) is 5.06. The molecule has 3 aromatic rings. The van der Waals surface area contributed by atoms with Crippen molar-refractivity contribution in [1.82, 2.24) is 9.55 Å². The lowest BCUT2D eigenvalue weighted by Crippen LogP contribution is -2.01. The van der Waals surface area contributed by atoms with Crippen LogP contribution in [-0.4, -0.2) is 20.6 Å². The van der Waals surface area contributed by atoms with E-state index in [0.29, 0.717) is 0 Å². The molecule has 0 radical (unpaired) electrons.